The maximum absolute atomic E-state index is 13.0. The molecule has 0 N–H and O–H groups in total. The second-order valence-electron chi connectivity index (χ2n) is 6.15. The number of hydrogen-bond acceptors (Lipinski definition) is 3. The fourth-order valence-electron chi connectivity index (χ4n) is 3.47. The molecule has 112 valence electrons. The Morgan fingerprint density at radius 1 is 0.864 bits per heavy atom. The van der Waals surface area contributed by atoms with Gasteiger partial charge in [-0.3, -0.25) is 0 Å². The lowest BCUT2D eigenvalue weighted by atomic mass is 9.86. The van der Waals surface area contributed by atoms with Crippen LogP contribution in [0.25, 0.3) is 11.3 Å². The summed E-state index contributed by atoms with van der Waals surface area (Å²) in [5.74, 6) is 2.22. The number of rotatable bonds is 2. The first-order valence-electron chi connectivity index (χ1n) is 7.79. The van der Waals surface area contributed by atoms with Gasteiger partial charge in [-0.05, 0) is 61.1 Å². The molecule has 2 heterocycles. The van der Waals surface area contributed by atoms with Crippen LogP contribution < -0.4 is 4.90 Å². The average molecular weight is 295 g/mol. The monoisotopic (exact) mass is 295 g/mol. The van der Waals surface area contributed by atoms with Crippen molar-refractivity contribution in [2.75, 3.05) is 18.0 Å². The number of nitrogens with zero attached hydrogens (tertiary/aromatic N) is 3. The first-order chi connectivity index (χ1) is 10.8. The molecule has 2 aliphatic rings. The Labute approximate surface area is 129 Å². The predicted molar refractivity (Wildman–Crippen MR) is 85.0 cm³/mol. The van der Waals surface area contributed by atoms with Crippen LogP contribution in [0.2, 0.25) is 0 Å². The van der Waals surface area contributed by atoms with Gasteiger partial charge in [0.1, 0.15) is 5.82 Å². The standard InChI is InChI=1S/C18H18FN3/c19-16-7-5-13(6-8-16)17-9-10-18(21-20-17)22-11-14-3-1-2-4-15(14)12-22/h1-2,5-10,14-15H,3-4,11-12H2. The summed E-state index contributed by atoms with van der Waals surface area (Å²) in [5.41, 5.74) is 1.67. The summed E-state index contributed by atoms with van der Waals surface area (Å²) in [6.07, 6.45) is 6.96. The number of benzene rings is 1. The number of aromatic nitrogens is 2. The SMILES string of the molecule is Fc1ccc(-c2ccc(N3CC4CC=CCC4C3)nn2)cc1. The molecule has 0 amide bonds. The maximum atomic E-state index is 13.0. The van der Waals surface area contributed by atoms with Crippen LogP contribution in [0.5, 0.6) is 0 Å². The molecule has 4 rings (SSSR count). The van der Waals surface area contributed by atoms with Gasteiger partial charge in [-0.2, -0.15) is 0 Å². The largest absolute Gasteiger partial charge is 0.355 e. The summed E-state index contributed by atoms with van der Waals surface area (Å²) in [6, 6.07) is 10.3. The highest BCUT2D eigenvalue weighted by Gasteiger charge is 2.33. The number of allylic oxidation sites excluding steroid dienone is 2. The molecular weight excluding hydrogens is 277 g/mol. The summed E-state index contributed by atoms with van der Waals surface area (Å²) in [7, 11) is 0. The number of fused-ring (bicyclic) bond motifs is 1. The summed E-state index contributed by atoms with van der Waals surface area (Å²) in [6.45, 7) is 2.14. The Morgan fingerprint density at radius 3 is 2.14 bits per heavy atom. The third-order valence-corrected chi connectivity index (χ3v) is 4.74. The van der Waals surface area contributed by atoms with Crippen LogP contribution in [0.3, 0.4) is 0 Å². The molecule has 1 aromatic heterocycles. The zero-order valence-corrected chi connectivity index (χ0v) is 12.3. The van der Waals surface area contributed by atoms with Crippen molar-refractivity contribution in [1.82, 2.24) is 10.2 Å². The number of hydrogen-bond donors (Lipinski definition) is 0. The van der Waals surface area contributed by atoms with Gasteiger partial charge in [-0.1, -0.05) is 12.2 Å². The van der Waals surface area contributed by atoms with Crippen LogP contribution in [0.1, 0.15) is 12.8 Å². The lowest BCUT2D eigenvalue weighted by Gasteiger charge is -2.17. The highest BCUT2D eigenvalue weighted by molar-refractivity contribution is 5.59. The van der Waals surface area contributed by atoms with E-state index in [1.807, 2.05) is 12.1 Å². The van der Waals surface area contributed by atoms with Gasteiger partial charge in [-0.15, -0.1) is 10.2 Å². The van der Waals surface area contributed by atoms with Crippen molar-refractivity contribution in [1.29, 1.82) is 0 Å². The van der Waals surface area contributed by atoms with Gasteiger partial charge >= 0.3 is 0 Å². The fraction of sp³-hybridized carbons (Fsp3) is 0.333. The zero-order chi connectivity index (χ0) is 14.9. The van der Waals surface area contributed by atoms with Gasteiger partial charge in [-0.25, -0.2) is 4.39 Å². The van der Waals surface area contributed by atoms with Gasteiger partial charge < -0.3 is 4.90 Å². The number of halogens is 1. The van der Waals surface area contributed by atoms with Gasteiger partial charge in [0.25, 0.3) is 0 Å². The molecule has 1 aliphatic heterocycles. The van der Waals surface area contributed by atoms with Crippen LogP contribution in [0.15, 0.2) is 48.6 Å². The second-order valence-corrected chi connectivity index (χ2v) is 6.15. The van der Waals surface area contributed by atoms with Crippen molar-refractivity contribution in [2.45, 2.75) is 12.8 Å². The van der Waals surface area contributed by atoms with E-state index in [2.05, 4.69) is 27.2 Å². The minimum absolute atomic E-state index is 0.235. The maximum Gasteiger partial charge on any atom is 0.151 e. The lowest BCUT2D eigenvalue weighted by molar-refractivity contribution is 0.411. The van der Waals surface area contributed by atoms with Crippen LogP contribution in [0.4, 0.5) is 10.2 Å². The molecule has 4 heteroatoms. The van der Waals surface area contributed by atoms with Crippen LogP contribution in [-0.2, 0) is 0 Å². The van der Waals surface area contributed by atoms with E-state index >= 15 is 0 Å². The fourth-order valence-corrected chi connectivity index (χ4v) is 3.47. The highest BCUT2D eigenvalue weighted by atomic mass is 19.1. The molecule has 1 fully saturated rings. The van der Waals surface area contributed by atoms with E-state index in [1.165, 1.54) is 25.0 Å². The zero-order valence-electron chi connectivity index (χ0n) is 12.3. The van der Waals surface area contributed by atoms with E-state index in [1.54, 1.807) is 12.1 Å². The quantitative estimate of drug-likeness (QED) is 0.791. The summed E-state index contributed by atoms with van der Waals surface area (Å²) >= 11 is 0. The van der Waals surface area contributed by atoms with Crippen molar-refractivity contribution in [3.63, 3.8) is 0 Å². The molecule has 2 aromatic rings. The summed E-state index contributed by atoms with van der Waals surface area (Å²) in [4.78, 5) is 2.34. The van der Waals surface area contributed by atoms with Crippen molar-refractivity contribution in [3.8, 4) is 11.3 Å². The third-order valence-electron chi connectivity index (χ3n) is 4.74. The summed E-state index contributed by atoms with van der Waals surface area (Å²) < 4.78 is 13.0. The molecule has 0 bridgehead atoms. The van der Waals surface area contributed by atoms with Crippen molar-refractivity contribution >= 4 is 5.82 Å². The molecule has 1 aromatic carbocycles. The van der Waals surface area contributed by atoms with Crippen LogP contribution in [-0.4, -0.2) is 23.3 Å². The van der Waals surface area contributed by atoms with Crippen molar-refractivity contribution in [2.24, 2.45) is 11.8 Å². The molecule has 22 heavy (non-hydrogen) atoms. The van der Waals surface area contributed by atoms with E-state index in [0.717, 1.165) is 42.0 Å². The Hall–Kier alpha value is -2.23. The smallest absolute Gasteiger partial charge is 0.151 e. The predicted octanol–water partition coefficient (Wildman–Crippen LogP) is 3.69. The van der Waals surface area contributed by atoms with Crippen molar-refractivity contribution in [3.05, 3.63) is 54.4 Å². The van der Waals surface area contributed by atoms with E-state index < -0.39 is 0 Å². The molecule has 0 saturated carbocycles. The first-order valence-corrected chi connectivity index (χ1v) is 7.79. The second kappa shape index (κ2) is 5.52. The van der Waals surface area contributed by atoms with E-state index in [0.29, 0.717) is 0 Å². The molecule has 1 saturated heterocycles. The molecule has 2 atom stereocenters. The molecule has 3 nitrogen and oxygen atoms in total. The van der Waals surface area contributed by atoms with Gasteiger partial charge in [0.2, 0.25) is 0 Å². The Kier molecular flexibility index (Phi) is 3.37. The van der Waals surface area contributed by atoms with E-state index in [9.17, 15) is 4.39 Å². The highest BCUT2D eigenvalue weighted by Crippen LogP contribution is 2.34. The van der Waals surface area contributed by atoms with Crippen LogP contribution in [0, 0.1) is 17.7 Å². The third kappa shape index (κ3) is 2.49. The minimum atomic E-state index is -0.235. The van der Waals surface area contributed by atoms with E-state index in [-0.39, 0.29) is 5.82 Å². The normalized spacial score (nSPS) is 23.6. The van der Waals surface area contributed by atoms with Gasteiger partial charge in [0, 0.05) is 18.7 Å². The lowest BCUT2D eigenvalue weighted by Crippen LogP contribution is -2.21. The summed E-state index contributed by atoms with van der Waals surface area (Å²) in [5, 5.41) is 8.69. The first kappa shape index (κ1) is 13.4. The van der Waals surface area contributed by atoms with Crippen LogP contribution >= 0.6 is 0 Å². The van der Waals surface area contributed by atoms with E-state index in [4.69, 9.17) is 0 Å². The minimum Gasteiger partial charge on any atom is -0.355 e. The molecule has 0 radical (unpaired) electrons. The van der Waals surface area contributed by atoms with Gasteiger partial charge in [0.15, 0.2) is 5.82 Å². The molecular formula is C18H18FN3. The Bertz CT molecular complexity index is 662. The van der Waals surface area contributed by atoms with Crippen molar-refractivity contribution < 1.29 is 4.39 Å². The molecule has 0 spiro atoms. The topological polar surface area (TPSA) is 29.0 Å². The molecule has 2 unspecified atom stereocenters. The van der Waals surface area contributed by atoms with Gasteiger partial charge in [0.05, 0.1) is 5.69 Å². The average Bonchev–Trinajstić information content (AvgIpc) is 3.00. The molecule has 1 aliphatic carbocycles. The Balaban J connectivity index is 1.51. The Morgan fingerprint density at radius 2 is 1.55 bits per heavy atom. The number of anilines is 1.